The highest BCUT2D eigenvalue weighted by Crippen LogP contribution is 2.32. The van der Waals surface area contributed by atoms with Crippen LogP contribution in [0.3, 0.4) is 0 Å². The highest BCUT2D eigenvalue weighted by molar-refractivity contribution is 6.30. The van der Waals surface area contributed by atoms with Crippen molar-refractivity contribution in [3.8, 4) is 0 Å². The minimum atomic E-state index is -1.28. The van der Waals surface area contributed by atoms with Gasteiger partial charge in [0.1, 0.15) is 24.1 Å². The molecule has 1 unspecified atom stereocenters. The van der Waals surface area contributed by atoms with E-state index in [-0.39, 0.29) is 19.0 Å². The Hall–Kier alpha value is -2.69. The van der Waals surface area contributed by atoms with Crippen LogP contribution in [0.15, 0.2) is 41.4 Å². The fourth-order valence-corrected chi connectivity index (χ4v) is 3.47. The van der Waals surface area contributed by atoms with Gasteiger partial charge in [0.05, 0.1) is 19.3 Å². The number of benzene rings is 1. The molecule has 12 heteroatoms. The molecular weight excluding hydrogens is 390 g/mol. The quantitative estimate of drug-likeness (QED) is 0.289. The molecule has 1 saturated heterocycles. The molecule has 5 atom stereocenters. The molecule has 28 heavy (non-hydrogen) atoms. The van der Waals surface area contributed by atoms with Crippen LogP contribution < -0.4 is 11.5 Å². The molecule has 3 rings (SSSR count). The standard InChI is InChI=1S/C16H20ClN7O4/c17-9-3-1-8(2-4-9)12(15(19)27)23-6-11(18)24(7-23)16-14(26)13(25)10(28-16)5-21-22-20/h1-4,6,10,12-14,16,25-26H,5,7,18H2,(H2,19,27)/t10-,12?,13-,14-,16-/m1/s1. The van der Waals surface area contributed by atoms with E-state index in [9.17, 15) is 15.0 Å². The Morgan fingerprint density at radius 3 is 2.68 bits per heavy atom. The molecule has 0 aromatic heterocycles. The van der Waals surface area contributed by atoms with Crippen molar-refractivity contribution in [2.45, 2.75) is 30.6 Å². The Morgan fingerprint density at radius 1 is 1.39 bits per heavy atom. The van der Waals surface area contributed by atoms with Crippen LogP contribution >= 0.6 is 11.6 Å². The molecule has 2 aliphatic rings. The number of nitrogens with zero attached hydrogens (tertiary/aromatic N) is 5. The molecule has 2 heterocycles. The van der Waals surface area contributed by atoms with Crippen molar-refractivity contribution in [1.29, 1.82) is 0 Å². The van der Waals surface area contributed by atoms with Crippen LogP contribution in [0.1, 0.15) is 11.6 Å². The highest BCUT2D eigenvalue weighted by Gasteiger charge is 2.47. The first-order valence-corrected chi connectivity index (χ1v) is 8.78. The molecule has 150 valence electrons. The van der Waals surface area contributed by atoms with Gasteiger partial charge in [0, 0.05) is 16.1 Å². The SMILES string of the molecule is [N-]=[N+]=NC[C@H]1O[C@@H](N2CN(C(C(N)=O)c3ccc(Cl)cc3)C=C2N)[C@H](O)[C@@H]1O. The van der Waals surface area contributed by atoms with Gasteiger partial charge >= 0.3 is 0 Å². The van der Waals surface area contributed by atoms with E-state index >= 15 is 0 Å². The summed E-state index contributed by atoms with van der Waals surface area (Å²) < 4.78 is 5.63. The van der Waals surface area contributed by atoms with E-state index in [0.717, 1.165) is 0 Å². The number of aliphatic hydroxyl groups excluding tert-OH is 2. The maximum Gasteiger partial charge on any atom is 0.244 e. The van der Waals surface area contributed by atoms with Crippen LogP contribution in [-0.2, 0) is 9.53 Å². The van der Waals surface area contributed by atoms with Crippen molar-refractivity contribution < 1.29 is 19.7 Å². The van der Waals surface area contributed by atoms with Crippen LogP contribution in [0.25, 0.3) is 10.4 Å². The Kier molecular flexibility index (Phi) is 5.82. The normalized spacial score (nSPS) is 28.0. The number of amides is 1. The number of rotatable bonds is 6. The Balaban J connectivity index is 1.78. The van der Waals surface area contributed by atoms with Gasteiger partial charge in [-0.1, -0.05) is 28.8 Å². The number of carbonyl (C=O) groups excluding carboxylic acids is 1. The second kappa shape index (κ2) is 8.13. The Labute approximate surface area is 165 Å². The van der Waals surface area contributed by atoms with Crippen LogP contribution in [-0.4, -0.2) is 63.7 Å². The number of azide groups is 1. The number of carbonyl (C=O) groups is 1. The van der Waals surface area contributed by atoms with Gasteiger partial charge in [0.2, 0.25) is 5.91 Å². The summed E-state index contributed by atoms with van der Waals surface area (Å²) in [4.78, 5) is 17.8. The zero-order valence-corrected chi connectivity index (χ0v) is 15.4. The zero-order chi connectivity index (χ0) is 20.4. The fourth-order valence-electron chi connectivity index (χ4n) is 3.34. The van der Waals surface area contributed by atoms with Crippen molar-refractivity contribution in [2.75, 3.05) is 13.2 Å². The first-order valence-electron chi connectivity index (χ1n) is 8.40. The van der Waals surface area contributed by atoms with Crippen molar-refractivity contribution in [1.82, 2.24) is 9.80 Å². The summed E-state index contributed by atoms with van der Waals surface area (Å²) in [7, 11) is 0. The third kappa shape index (κ3) is 3.79. The third-order valence-electron chi connectivity index (χ3n) is 4.70. The summed E-state index contributed by atoms with van der Waals surface area (Å²) >= 11 is 5.90. The largest absolute Gasteiger partial charge is 0.388 e. The van der Waals surface area contributed by atoms with Gasteiger partial charge in [-0.15, -0.1) is 0 Å². The molecule has 11 nitrogen and oxygen atoms in total. The van der Waals surface area contributed by atoms with Gasteiger partial charge in [-0.05, 0) is 23.2 Å². The minimum absolute atomic E-state index is 0.0880. The topological polar surface area (TPSA) is 174 Å². The number of halogens is 1. The molecule has 0 aliphatic carbocycles. The first kappa shape index (κ1) is 20.1. The van der Waals surface area contributed by atoms with Crippen LogP contribution in [0.5, 0.6) is 0 Å². The number of nitrogens with two attached hydrogens (primary N) is 2. The fraction of sp³-hybridized carbons (Fsp3) is 0.438. The van der Waals surface area contributed by atoms with E-state index in [1.807, 2.05) is 0 Å². The summed E-state index contributed by atoms with van der Waals surface area (Å²) in [6.07, 6.45) is -2.86. The zero-order valence-electron chi connectivity index (χ0n) is 14.7. The number of hydrogen-bond donors (Lipinski definition) is 4. The molecule has 0 radical (unpaired) electrons. The summed E-state index contributed by atoms with van der Waals surface area (Å²) in [5.74, 6) is -0.372. The lowest BCUT2D eigenvalue weighted by atomic mass is 10.1. The molecule has 1 aromatic rings. The predicted octanol–water partition coefficient (Wildman–Crippen LogP) is -0.0439. The van der Waals surface area contributed by atoms with Gasteiger partial charge in [0.15, 0.2) is 6.23 Å². The first-order chi connectivity index (χ1) is 13.3. The van der Waals surface area contributed by atoms with E-state index in [4.69, 9.17) is 33.3 Å². The lowest BCUT2D eigenvalue weighted by molar-refractivity contribution is -0.124. The lowest BCUT2D eigenvalue weighted by Gasteiger charge is -2.32. The Bertz CT molecular complexity index is 814. The number of aliphatic hydroxyl groups is 2. The molecule has 0 bridgehead atoms. The molecule has 6 N–H and O–H groups in total. The maximum atomic E-state index is 12.1. The molecule has 1 aromatic carbocycles. The molecular formula is C16H20ClN7O4. The third-order valence-corrected chi connectivity index (χ3v) is 4.95. The summed E-state index contributed by atoms with van der Waals surface area (Å²) in [6, 6.07) is 5.85. The van der Waals surface area contributed by atoms with E-state index < -0.39 is 36.5 Å². The van der Waals surface area contributed by atoms with Crippen molar-refractivity contribution in [2.24, 2.45) is 16.6 Å². The number of primary amides is 1. The average Bonchev–Trinajstić information content (AvgIpc) is 3.15. The summed E-state index contributed by atoms with van der Waals surface area (Å²) in [5.41, 5.74) is 20.7. The molecule has 0 spiro atoms. The van der Waals surface area contributed by atoms with Gasteiger partial charge < -0.3 is 36.2 Å². The van der Waals surface area contributed by atoms with Crippen molar-refractivity contribution in [3.63, 3.8) is 0 Å². The smallest absolute Gasteiger partial charge is 0.244 e. The second-order valence-corrected chi connectivity index (χ2v) is 6.93. The lowest BCUT2D eigenvalue weighted by Crippen LogP contribution is -2.46. The van der Waals surface area contributed by atoms with E-state index in [1.165, 1.54) is 11.1 Å². The van der Waals surface area contributed by atoms with Gasteiger partial charge in [-0.2, -0.15) is 0 Å². The van der Waals surface area contributed by atoms with Crippen molar-refractivity contribution >= 4 is 17.5 Å². The monoisotopic (exact) mass is 409 g/mol. The average molecular weight is 410 g/mol. The molecule has 2 aliphatic heterocycles. The van der Waals surface area contributed by atoms with E-state index in [1.54, 1.807) is 29.2 Å². The maximum absolute atomic E-state index is 12.1. The van der Waals surface area contributed by atoms with Gasteiger partial charge in [-0.25, -0.2) is 0 Å². The Morgan fingerprint density at radius 2 is 2.07 bits per heavy atom. The summed E-state index contributed by atoms with van der Waals surface area (Å²) in [6.45, 7) is -0.0498. The van der Waals surface area contributed by atoms with Crippen LogP contribution in [0, 0.1) is 0 Å². The molecule has 1 amide bonds. The van der Waals surface area contributed by atoms with Crippen LogP contribution in [0.2, 0.25) is 5.02 Å². The van der Waals surface area contributed by atoms with Crippen molar-refractivity contribution in [3.05, 3.63) is 57.3 Å². The van der Waals surface area contributed by atoms with E-state index in [0.29, 0.717) is 10.6 Å². The van der Waals surface area contributed by atoms with Gasteiger partial charge in [-0.3, -0.25) is 4.79 Å². The van der Waals surface area contributed by atoms with Gasteiger partial charge in [0.25, 0.3) is 0 Å². The number of hydrogen-bond acceptors (Lipinski definition) is 8. The van der Waals surface area contributed by atoms with E-state index in [2.05, 4.69) is 10.0 Å². The second-order valence-electron chi connectivity index (χ2n) is 6.50. The highest BCUT2D eigenvalue weighted by atomic mass is 35.5. The van der Waals surface area contributed by atoms with Crippen LogP contribution in [0.4, 0.5) is 0 Å². The predicted molar refractivity (Wildman–Crippen MR) is 98.9 cm³/mol. The summed E-state index contributed by atoms with van der Waals surface area (Å²) in [5, 5.41) is 24.3. The molecule has 1 fully saturated rings. The molecule has 0 saturated carbocycles. The minimum Gasteiger partial charge on any atom is -0.388 e. The number of ether oxygens (including phenoxy) is 1.